The SMILES string of the molecule is Cn1cnnc1C1CCN(C(=O)CN2C(=O)CCC3=C2CCCC3)CC1. The smallest absolute Gasteiger partial charge is 0.242 e. The molecule has 2 amide bonds. The number of carbonyl (C=O) groups is 2. The summed E-state index contributed by atoms with van der Waals surface area (Å²) in [6.45, 7) is 1.67. The molecule has 4 rings (SSSR count). The average Bonchev–Trinajstić information content (AvgIpc) is 3.10. The lowest BCUT2D eigenvalue weighted by molar-refractivity contribution is -0.140. The third-order valence-electron chi connectivity index (χ3n) is 6.07. The second kappa shape index (κ2) is 7.21. The van der Waals surface area contributed by atoms with E-state index in [-0.39, 0.29) is 18.4 Å². The van der Waals surface area contributed by atoms with Gasteiger partial charge in [-0.05, 0) is 44.9 Å². The molecule has 1 aliphatic carbocycles. The summed E-state index contributed by atoms with van der Waals surface area (Å²) in [5.41, 5.74) is 2.56. The van der Waals surface area contributed by atoms with Crippen molar-refractivity contribution < 1.29 is 9.59 Å². The Morgan fingerprint density at radius 1 is 1.15 bits per heavy atom. The molecule has 0 N–H and O–H groups in total. The monoisotopic (exact) mass is 357 g/mol. The number of nitrogens with zero attached hydrogens (tertiary/aromatic N) is 5. The van der Waals surface area contributed by atoms with E-state index >= 15 is 0 Å². The summed E-state index contributed by atoms with van der Waals surface area (Å²) >= 11 is 0. The summed E-state index contributed by atoms with van der Waals surface area (Å²) in [5.74, 6) is 1.55. The molecule has 3 heterocycles. The van der Waals surface area contributed by atoms with E-state index in [9.17, 15) is 9.59 Å². The molecule has 1 aromatic heterocycles. The number of aryl methyl sites for hydroxylation is 1. The van der Waals surface area contributed by atoms with Crippen molar-refractivity contribution in [3.63, 3.8) is 0 Å². The average molecular weight is 357 g/mol. The minimum absolute atomic E-state index is 0.0779. The van der Waals surface area contributed by atoms with E-state index in [1.54, 1.807) is 11.2 Å². The van der Waals surface area contributed by atoms with Crippen LogP contribution in [0.2, 0.25) is 0 Å². The van der Waals surface area contributed by atoms with Crippen LogP contribution in [0.3, 0.4) is 0 Å². The van der Waals surface area contributed by atoms with Gasteiger partial charge in [0, 0.05) is 38.2 Å². The summed E-state index contributed by atoms with van der Waals surface area (Å²) in [7, 11) is 1.96. The van der Waals surface area contributed by atoms with E-state index < -0.39 is 0 Å². The normalized spacial score (nSPS) is 22.0. The molecule has 0 aromatic carbocycles. The van der Waals surface area contributed by atoms with Crippen molar-refractivity contribution in [3.05, 3.63) is 23.4 Å². The van der Waals surface area contributed by atoms with Gasteiger partial charge in [-0.25, -0.2) is 0 Å². The Morgan fingerprint density at radius 2 is 1.92 bits per heavy atom. The van der Waals surface area contributed by atoms with Crippen LogP contribution >= 0.6 is 0 Å². The fourth-order valence-electron chi connectivity index (χ4n) is 4.56. The third-order valence-corrected chi connectivity index (χ3v) is 6.07. The number of hydrogen-bond acceptors (Lipinski definition) is 4. The number of amides is 2. The van der Waals surface area contributed by atoms with Crippen LogP contribution in [-0.2, 0) is 16.6 Å². The van der Waals surface area contributed by atoms with Gasteiger partial charge in [0.1, 0.15) is 18.7 Å². The number of allylic oxidation sites excluding steroid dienone is 2. The number of piperidine rings is 1. The van der Waals surface area contributed by atoms with Crippen molar-refractivity contribution in [1.29, 1.82) is 0 Å². The highest BCUT2D eigenvalue weighted by Gasteiger charge is 2.32. The van der Waals surface area contributed by atoms with Crippen molar-refractivity contribution >= 4 is 11.8 Å². The Morgan fingerprint density at radius 3 is 2.65 bits per heavy atom. The first kappa shape index (κ1) is 17.2. The molecule has 0 radical (unpaired) electrons. The lowest BCUT2D eigenvalue weighted by atomic mass is 9.89. The van der Waals surface area contributed by atoms with Gasteiger partial charge in [0.05, 0.1) is 0 Å². The highest BCUT2D eigenvalue weighted by molar-refractivity contribution is 5.87. The number of aromatic nitrogens is 3. The predicted molar refractivity (Wildman–Crippen MR) is 96.0 cm³/mol. The predicted octanol–water partition coefficient (Wildman–Crippen LogP) is 1.97. The zero-order valence-electron chi connectivity index (χ0n) is 15.5. The maximum absolute atomic E-state index is 12.8. The molecule has 26 heavy (non-hydrogen) atoms. The minimum atomic E-state index is 0.0779. The van der Waals surface area contributed by atoms with Crippen LogP contribution in [0.1, 0.15) is 63.1 Å². The van der Waals surface area contributed by atoms with Gasteiger partial charge in [-0.15, -0.1) is 10.2 Å². The van der Waals surface area contributed by atoms with E-state index in [0.717, 1.165) is 63.1 Å². The lowest BCUT2D eigenvalue weighted by Crippen LogP contribution is -2.46. The fourth-order valence-corrected chi connectivity index (χ4v) is 4.56. The van der Waals surface area contributed by atoms with Gasteiger partial charge >= 0.3 is 0 Å². The summed E-state index contributed by atoms with van der Waals surface area (Å²) in [4.78, 5) is 28.9. The summed E-state index contributed by atoms with van der Waals surface area (Å²) < 4.78 is 1.96. The largest absolute Gasteiger partial charge is 0.341 e. The number of likely N-dealkylation sites (tertiary alicyclic amines) is 1. The lowest BCUT2D eigenvalue weighted by Gasteiger charge is -2.37. The van der Waals surface area contributed by atoms with Gasteiger partial charge in [0.15, 0.2) is 0 Å². The van der Waals surface area contributed by atoms with E-state index in [1.807, 2.05) is 16.5 Å². The van der Waals surface area contributed by atoms with E-state index in [2.05, 4.69) is 10.2 Å². The van der Waals surface area contributed by atoms with Crippen LogP contribution in [0.25, 0.3) is 0 Å². The van der Waals surface area contributed by atoms with Gasteiger partial charge in [-0.3, -0.25) is 9.59 Å². The third kappa shape index (κ3) is 3.27. The zero-order valence-corrected chi connectivity index (χ0v) is 15.5. The number of hydrogen-bond donors (Lipinski definition) is 0. The van der Waals surface area contributed by atoms with Gasteiger partial charge in [-0.2, -0.15) is 0 Å². The van der Waals surface area contributed by atoms with Crippen molar-refractivity contribution in [2.45, 2.75) is 57.3 Å². The Labute approximate surface area is 154 Å². The van der Waals surface area contributed by atoms with Crippen molar-refractivity contribution in [3.8, 4) is 0 Å². The van der Waals surface area contributed by atoms with Crippen LogP contribution in [0.5, 0.6) is 0 Å². The van der Waals surface area contributed by atoms with Crippen LogP contribution in [-0.4, -0.2) is 56.0 Å². The Bertz CT molecular complexity index is 730. The summed E-state index contributed by atoms with van der Waals surface area (Å²) in [6.07, 6.45) is 9.36. The summed E-state index contributed by atoms with van der Waals surface area (Å²) in [6, 6.07) is 0. The maximum Gasteiger partial charge on any atom is 0.242 e. The standard InChI is InChI=1S/C19H27N5O2/c1-22-13-20-21-19(22)15-8-10-23(11-9-15)18(26)12-24-16-5-3-2-4-14(16)6-7-17(24)25/h13,15H,2-12H2,1H3. The Balaban J connectivity index is 1.38. The topological polar surface area (TPSA) is 71.3 Å². The first-order valence-electron chi connectivity index (χ1n) is 9.76. The molecular weight excluding hydrogens is 330 g/mol. The van der Waals surface area contributed by atoms with E-state index in [0.29, 0.717) is 12.3 Å². The maximum atomic E-state index is 12.8. The molecule has 0 unspecified atom stereocenters. The van der Waals surface area contributed by atoms with Crippen LogP contribution < -0.4 is 0 Å². The highest BCUT2D eigenvalue weighted by Crippen LogP contribution is 2.34. The first-order valence-corrected chi connectivity index (χ1v) is 9.76. The van der Waals surface area contributed by atoms with Crippen LogP contribution in [0.4, 0.5) is 0 Å². The molecule has 0 atom stereocenters. The molecule has 7 heteroatoms. The molecule has 2 aliphatic heterocycles. The van der Waals surface area contributed by atoms with E-state index in [4.69, 9.17) is 0 Å². The van der Waals surface area contributed by atoms with Gasteiger partial charge in [0.2, 0.25) is 11.8 Å². The van der Waals surface area contributed by atoms with Gasteiger partial charge in [-0.1, -0.05) is 5.57 Å². The highest BCUT2D eigenvalue weighted by atomic mass is 16.2. The van der Waals surface area contributed by atoms with Gasteiger partial charge in [0.25, 0.3) is 0 Å². The fraction of sp³-hybridized carbons (Fsp3) is 0.684. The number of carbonyl (C=O) groups excluding carboxylic acids is 2. The second-order valence-electron chi connectivity index (χ2n) is 7.69. The molecule has 1 aromatic rings. The molecule has 1 fully saturated rings. The Hall–Kier alpha value is -2.18. The van der Waals surface area contributed by atoms with Crippen molar-refractivity contribution in [2.75, 3.05) is 19.6 Å². The molecular formula is C19H27N5O2. The van der Waals surface area contributed by atoms with Gasteiger partial charge < -0.3 is 14.4 Å². The minimum Gasteiger partial charge on any atom is -0.341 e. The Kier molecular flexibility index (Phi) is 4.78. The van der Waals surface area contributed by atoms with E-state index in [1.165, 1.54) is 12.0 Å². The van der Waals surface area contributed by atoms with Crippen molar-refractivity contribution in [2.24, 2.45) is 7.05 Å². The molecule has 0 spiro atoms. The van der Waals surface area contributed by atoms with Crippen LogP contribution in [0.15, 0.2) is 17.6 Å². The molecule has 140 valence electrons. The molecule has 1 saturated heterocycles. The molecule has 0 bridgehead atoms. The number of rotatable bonds is 3. The molecule has 7 nitrogen and oxygen atoms in total. The zero-order chi connectivity index (χ0) is 18.1. The first-order chi connectivity index (χ1) is 12.6. The summed E-state index contributed by atoms with van der Waals surface area (Å²) in [5, 5.41) is 8.17. The second-order valence-corrected chi connectivity index (χ2v) is 7.69. The van der Waals surface area contributed by atoms with Crippen molar-refractivity contribution in [1.82, 2.24) is 24.6 Å². The molecule has 0 saturated carbocycles. The molecule has 3 aliphatic rings. The quantitative estimate of drug-likeness (QED) is 0.829. The van der Waals surface area contributed by atoms with Crippen LogP contribution in [0, 0.1) is 0 Å².